The lowest BCUT2D eigenvalue weighted by atomic mass is 10.0. The lowest BCUT2D eigenvalue weighted by molar-refractivity contribution is 0.198. The monoisotopic (exact) mass is 426 g/mol. The predicted octanol–water partition coefficient (Wildman–Crippen LogP) is 5.16. The van der Waals surface area contributed by atoms with Gasteiger partial charge in [0, 0.05) is 25.6 Å². The molecule has 1 aliphatic rings. The number of thiophene rings is 1. The lowest BCUT2D eigenvalue weighted by Crippen LogP contribution is -2.07. The van der Waals surface area contributed by atoms with Gasteiger partial charge in [-0.05, 0) is 55.2 Å². The number of hydrogen-bond donors (Lipinski definition) is 1. The molecule has 4 aromatic rings. The Morgan fingerprint density at radius 1 is 1.24 bits per heavy atom. The Morgan fingerprint density at radius 3 is 2.93 bits per heavy atom. The third-order valence-electron chi connectivity index (χ3n) is 5.27. The number of ether oxygens (including phenoxy) is 1. The first-order chi connectivity index (χ1) is 14.3. The van der Waals surface area contributed by atoms with Crippen LogP contribution in [0.25, 0.3) is 31.9 Å². The van der Waals surface area contributed by atoms with Crippen molar-refractivity contribution in [2.24, 2.45) is 0 Å². The number of nitrogens with one attached hydrogen (secondary N) is 1. The number of fused-ring (bicyclic) bond motifs is 5. The molecule has 0 aromatic carbocycles. The van der Waals surface area contributed by atoms with Gasteiger partial charge in [-0.2, -0.15) is 0 Å². The van der Waals surface area contributed by atoms with Crippen LogP contribution in [0.4, 0.5) is 5.82 Å². The highest BCUT2D eigenvalue weighted by Gasteiger charge is 2.26. The third kappa shape index (κ3) is 3.29. The molecule has 0 spiro atoms. The van der Waals surface area contributed by atoms with Crippen molar-refractivity contribution >= 4 is 49.3 Å². The highest BCUT2D eigenvalue weighted by atomic mass is 32.2. The Balaban J connectivity index is 1.71. The van der Waals surface area contributed by atoms with E-state index in [2.05, 4.69) is 5.32 Å². The Morgan fingerprint density at radius 2 is 2.14 bits per heavy atom. The van der Waals surface area contributed by atoms with Gasteiger partial charge >= 0.3 is 0 Å². The molecule has 1 aliphatic carbocycles. The minimum atomic E-state index is 0.727. The molecule has 0 unspecified atom stereocenters. The van der Waals surface area contributed by atoms with Crippen LogP contribution in [0.1, 0.15) is 24.0 Å². The van der Waals surface area contributed by atoms with E-state index in [1.807, 2.05) is 18.4 Å². The summed E-state index contributed by atoms with van der Waals surface area (Å²) < 4.78 is 11.9. The van der Waals surface area contributed by atoms with Crippen LogP contribution in [-0.4, -0.2) is 41.5 Å². The fourth-order valence-corrected chi connectivity index (χ4v) is 5.47. The quantitative estimate of drug-likeness (QED) is 0.249. The summed E-state index contributed by atoms with van der Waals surface area (Å²) >= 11 is 3.24. The summed E-state index contributed by atoms with van der Waals surface area (Å²) in [4.78, 5) is 15.7. The van der Waals surface area contributed by atoms with E-state index in [-0.39, 0.29) is 0 Å². The second-order valence-electron chi connectivity index (χ2n) is 7.04. The molecule has 0 bridgehead atoms. The second-order valence-corrected chi connectivity index (χ2v) is 8.81. The van der Waals surface area contributed by atoms with E-state index < -0.39 is 0 Å². The minimum absolute atomic E-state index is 0.727. The highest BCUT2D eigenvalue weighted by molar-refractivity contribution is 7.98. The first-order valence-corrected chi connectivity index (χ1v) is 11.8. The van der Waals surface area contributed by atoms with Crippen LogP contribution in [0, 0.1) is 0 Å². The molecule has 29 heavy (non-hydrogen) atoms. The number of aryl methyl sites for hydroxylation is 1. The fourth-order valence-electron chi connectivity index (χ4n) is 4.00. The molecule has 0 amide bonds. The van der Waals surface area contributed by atoms with Gasteiger partial charge in [0.05, 0.1) is 16.5 Å². The fraction of sp³-hybridized carbons (Fsp3) is 0.381. The van der Waals surface area contributed by atoms with E-state index in [4.69, 9.17) is 24.1 Å². The molecule has 6 nitrogen and oxygen atoms in total. The van der Waals surface area contributed by atoms with E-state index >= 15 is 0 Å². The Hall–Kier alpha value is -2.16. The van der Waals surface area contributed by atoms with Gasteiger partial charge < -0.3 is 14.5 Å². The number of hydrogen-bond acceptors (Lipinski definition) is 8. The molecule has 0 saturated heterocycles. The maximum atomic E-state index is 5.69. The zero-order valence-corrected chi connectivity index (χ0v) is 18.1. The van der Waals surface area contributed by atoms with Gasteiger partial charge in [0.1, 0.15) is 16.3 Å². The molecule has 4 aromatic heterocycles. The molecule has 150 valence electrons. The first-order valence-electron chi connectivity index (χ1n) is 9.77. The van der Waals surface area contributed by atoms with Crippen molar-refractivity contribution in [3.05, 3.63) is 29.5 Å². The summed E-state index contributed by atoms with van der Waals surface area (Å²) in [6, 6.07) is 3.92. The van der Waals surface area contributed by atoms with Crippen LogP contribution >= 0.6 is 23.1 Å². The molecule has 5 rings (SSSR count). The number of furan rings is 1. The van der Waals surface area contributed by atoms with Gasteiger partial charge in [0.25, 0.3) is 0 Å². The second kappa shape index (κ2) is 7.93. The Bertz CT molecular complexity index is 1170. The minimum Gasteiger partial charge on any atom is -0.463 e. The van der Waals surface area contributed by atoms with E-state index in [0.29, 0.717) is 0 Å². The molecule has 0 saturated carbocycles. The molecular weight excluding hydrogens is 404 g/mol. The van der Waals surface area contributed by atoms with Crippen LogP contribution in [0.5, 0.6) is 0 Å². The largest absolute Gasteiger partial charge is 0.463 e. The number of methoxy groups -OCH3 is 1. The number of anilines is 1. The van der Waals surface area contributed by atoms with Crippen molar-refractivity contribution in [3.8, 4) is 11.5 Å². The van der Waals surface area contributed by atoms with Gasteiger partial charge in [0.2, 0.25) is 0 Å². The molecule has 1 N–H and O–H groups in total. The number of pyridine rings is 1. The molecule has 0 fully saturated rings. The van der Waals surface area contributed by atoms with Crippen LogP contribution < -0.4 is 5.32 Å². The van der Waals surface area contributed by atoms with Gasteiger partial charge in [0.15, 0.2) is 10.9 Å². The van der Waals surface area contributed by atoms with Crippen molar-refractivity contribution in [2.45, 2.75) is 30.8 Å². The van der Waals surface area contributed by atoms with Gasteiger partial charge in [-0.25, -0.2) is 15.0 Å². The highest BCUT2D eigenvalue weighted by Crippen LogP contribution is 2.44. The average molecular weight is 427 g/mol. The average Bonchev–Trinajstić information content (AvgIpc) is 3.49. The van der Waals surface area contributed by atoms with Crippen LogP contribution in [0.3, 0.4) is 0 Å². The molecule has 4 heterocycles. The standard InChI is InChI=1S/C21H22N4O2S2/c1-26-10-5-9-22-19-18-17(24-21(25-19)28-2)15-12-6-3-7-13(12)16(23-20(15)29-18)14-8-4-11-27-14/h4,8,11H,3,5-7,9-10H2,1-2H3,(H,22,24,25). The van der Waals surface area contributed by atoms with Gasteiger partial charge in [-0.3, -0.25) is 0 Å². The maximum absolute atomic E-state index is 5.69. The summed E-state index contributed by atoms with van der Waals surface area (Å²) in [5.41, 5.74) is 4.69. The normalized spacial score (nSPS) is 13.4. The third-order valence-corrected chi connectivity index (χ3v) is 6.90. The predicted molar refractivity (Wildman–Crippen MR) is 119 cm³/mol. The number of aromatic nitrogens is 3. The molecule has 8 heteroatoms. The summed E-state index contributed by atoms with van der Waals surface area (Å²) in [7, 11) is 1.73. The van der Waals surface area contributed by atoms with Crippen LogP contribution in [-0.2, 0) is 17.6 Å². The van der Waals surface area contributed by atoms with Crippen LogP contribution in [0.2, 0.25) is 0 Å². The number of rotatable bonds is 7. The lowest BCUT2D eigenvalue weighted by Gasteiger charge is -2.08. The van der Waals surface area contributed by atoms with E-state index in [1.165, 1.54) is 16.5 Å². The topological polar surface area (TPSA) is 73.1 Å². The van der Waals surface area contributed by atoms with E-state index in [9.17, 15) is 0 Å². The van der Waals surface area contributed by atoms with Crippen molar-refractivity contribution < 1.29 is 9.15 Å². The summed E-state index contributed by atoms with van der Waals surface area (Å²) in [5.74, 6) is 1.74. The molecule has 0 aliphatic heterocycles. The smallest absolute Gasteiger partial charge is 0.189 e. The zero-order chi connectivity index (χ0) is 19.8. The summed E-state index contributed by atoms with van der Waals surface area (Å²) in [6.07, 6.45) is 7.90. The van der Waals surface area contributed by atoms with Gasteiger partial charge in [-0.1, -0.05) is 11.8 Å². The van der Waals surface area contributed by atoms with Crippen molar-refractivity contribution in [2.75, 3.05) is 31.8 Å². The van der Waals surface area contributed by atoms with Crippen LogP contribution in [0.15, 0.2) is 28.0 Å². The van der Waals surface area contributed by atoms with E-state index in [0.717, 1.165) is 76.3 Å². The molecule has 0 radical (unpaired) electrons. The van der Waals surface area contributed by atoms with Crippen molar-refractivity contribution in [3.63, 3.8) is 0 Å². The summed E-state index contributed by atoms with van der Waals surface area (Å²) in [6.45, 7) is 1.54. The Kier molecular flexibility index (Phi) is 5.15. The number of nitrogens with zero attached hydrogens (tertiary/aromatic N) is 3. The number of thioether (sulfide) groups is 1. The van der Waals surface area contributed by atoms with Crippen molar-refractivity contribution in [1.29, 1.82) is 0 Å². The first kappa shape index (κ1) is 18.8. The Labute approximate surface area is 177 Å². The molecule has 0 atom stereocenters. The van der Waals surface area contributed by atoms with Gasteiger partial charge in [-0.15, -0.1) is 11.3 Å². The summed E-state index contributed by atoms with van der Waals surface area (Å²) in [5, 5.41) is 5.47. The maximum Gasteiger partial charge on any atom is 0.189 e. The SMILES string of the molecule is COCCCNc1nc(SC)nc2c1sc1nc(-c3ccco3)c3c(c12)CCC3. The zero-order valence-electron chi connectivity index (χ0n) is 16.4. The molecular formula is C21H22N4O2S2. The van der Waals surface area contributed by atoms with Crippen molar-refractivity contribution in [1.82, 2.24) is 15.0 Å². The van der Waals surface area contributed by atoms with E-state index in [1.54, 1.807) is 36.5 Å².